The first kappa shape index (κ1) is 11.3. The van der Waals surface area contributed by atoms with Crippen LogP contribution in [0, 0.1) is 0 Å². The Balaban J connectivity index is 1.98. The molecule has 0 saturated carbocycles. The highest BCUT2D eigenvalue weighted by atomic mass is 35.5. The summed E-state index contributed by atoms with van der Waals surface area (Å²) in [6.45, 7) is 0. The molecule has 0 fully saturated rings. The van der Waals surface area contributed by atoms with Gasteiger partial charge in [0.15, 0.2) is 5.15 Å². The number of hydrogen-bond donors (Lipinski definition) is 2. The van der Waals surface area contributed by atoms with Crippen LogP contribution in [0.15, 0.2) is 42.6 Å². The van der Waals surface area contributed by atoms with Crippen LogP contribution in [0.3, 0.4) is 0 Å². The van der Waals surface area contributed by atoms with Crippen molar-refractivity contribution in [3.05, 3.63) is 47.7 Å². The van der Waals surface area contributed by atoms with Crippen LogP contribution in [0.5, 0.6) is 0 Å². The van der Waals surface area contributed by atoms with Crippen LogP contribution in [0.4, 0.5) is 16.2 Å². The van der Waals surface area contributed by atoms with Crippen LogP contribution in [0.25, 0.3) is 0 Å². The van der Waals surface area contributed by atoms with Gasteiger partial charge in [-0.2, -0.15) is 5.10 Å². The van der Waals surface area contributed by atoms with Crippen molar-refractivity contribution in [3.8, 4) is 0 Å². The van der Waals surface area contributed by atoms with E-state index in [1.54, 1.807) is 12.1 Å². The average Bonchev–Trinajstić information content (AvgIpc) is 2.30. The molecule has 1 aromatic heterocycles. The summed E-state index contributed by atoms with van der Waals surface area (Å²) in [6, 6.07) is 10.3. The number of urea groups is 1. The molecule has 0 aliphatic heterocycles. The molecule has 0 saturated heterocycles. The minimum atomic E-state index is -0.361. The first-order chi connectivity index (χ1) is 8.24. The van der Waals surface area contributed by atoms with E-state index in [1.807, 2.05) is 18.2 Å². The predicted octanol–water partition coefficient (Wildman–Crippen LogP) is 2.77. The molecule has 2 rings (SSSR count). The van der Waals surface area contributed by atoms with Gasteiger partial charge in [0.25, 0.3) is 0 Å². The van der Waals surface area contributed by atoms with Gasteiger partial charge >= 0.3 is 6.03 Å². The number of nitrogens with zero attached hydrogens (tertiary/aromatic N) is 2. The predicted molar refractivity (Wildman–Crippen MR) is 66.1 cm³/mol. The van der Waals surface area contributed by atoms with E-state index in [1.165, 1.54) is 12.3 Å². The molecular formula is C11H9ClN4O. The number of halogens is 1. The zero-order valence-corrected chi connectivity index (χ0v) is 9.48. The molecule has 0 spiro atoms. The zero-order chi connectivity index (χ0) is 12.1. The third-order valence-corrected chi connectivity index (χ3v) is 2.10. The minimum Gasteiger partial charge on any atom is -0.308 e. The van der Waals surface area contributed by atoms with E-state index < -0.39 is 0 Å². The number of amides is 2. The molecule has 0 bridgehead atoms. The highest BCUT2D eigenvalue weighted by molar-refractivity contribution is 6.29. The van der Waals surface area contributed by atoms with Gasteiger partial charge in [0.1, 0.15) is 0 Å². The Hall–Kier alpha value is -2.14. The molecule has 2 amide bonds. The van der Waals surface area contributed by atoms with Crippen LogP contribution in [-0.4, -0.2) is 16.2 Å². The summed E-state index contributed by atoms with van der Waals surface area (Å²) in [7, 11) is 0. The molecule has 2 N–H and O–H groups in total. The summed E-state index contributed by atoms with van der Waals surface area (Å²) in [5, 5.41) is 12.7. The minimum absolute atomic E-state index is 0.225. The van der Waals surface area contributed by atoms with Crippen molar-refractivity contribution in [2.75, 3.05) is 10.6 Å². The summed E-state index contributed by atoms with van der Waals surface area (Å²) in [5.41, 5.74) is 1.19. The number of anilines is 2. The van der Waals surface area contributed by atoms with Gasteiger partial charge in [0, 0.05) is 11.8 Å². The largest absolute Gasteiger partial charge is 0.323 e. The van der Waals surface area contributed by atoms with Gasteiger partial charge in [-0.15, -0.1) is 5.10 Å². The van der Waals surface area contributed by atoms with Crippen LogP contribution in [-0.2, 0) is 0 Å². The Morgan fingerprint density at radius 1 is 1.12 bits per heavy atom. The molecule has 6 heteroatoms. The lowest BCUT2D eigenvalue weighted by Gasteiger charge is -2.06. The summed E-state index contributed by atoms with van der Waals surface area (Å²) in [5.74, 6) is 0. The first-order valence-corrected chi connectivity index (χ1v) is 5.23. The molecule has 0 radical (unpaired) electrons. The second kappa shape index (κ2) is 5.27. The Morgan fingerprint density at radius 3 is 2.53 bits per heavy atom. The Morgan fingerprint density at radius 2 is 1.82 bits per heavy atom. The van der Waals surface area contributed by atoms with Crippen molar-refractivity contribution in [3.63, 3.8) is 0 Å². The molecule has 0 aliphatic rings. The van der Waals surface area contributed by atoms with Crippen molar-refractivity contribution in [2.24, 2.45) is 0 Å². The number of aromatic nitrogens is 2. The van der Waals surface area contributed by atoms with Crippen molar-refractivity contribution in [1.29, 1.82) is 0 Å². The van der Waals surface area contributed by atoms with Crippen LogP contribution < -0.4 is 10.6 Å². The molecule has 1 heterocycles. The molecule has 17 heavy (non-hydrogen) atoms. The van der Waals surface area contributed by atoms with Crippen LogP contribution in [0.1, 0.15) is 0 Å². The maximum Gasteiger partial charge on any atom is 0.323 e. The number of nitrogens with one attached hydrogen (secondary N) is 2. The number of benzene rings is 1. The summed E-state index contributed by atoms with van der Waals surface area (Å²) in [4.78, 5) is 11.6. The SMILES string of the molecule is O=C(Nc1ccccc1)Nc1cnnc(Cl)c1. The quantitative estimate of drug-likeness (QED) is 0.859. The second-order valence-electron chi connectivity index (χ2n) is 3.21. The maximum atomic E-state index is 11.6. The Bertz CT molecular complexity index is 518. The van der Waals surface area contributed by atoms with Gasteiger partial charge in [-0.3, -0.25) is 0 Å². The molecule has 0 atom stereocenters. The van der Waals surface area contributed by atoms with Gasteiger partial charge in [0.2, 0.25) is 0 Å². The molecule has 2 aromatic rings. The highest BCUT2D eigenvalue weighted by Crippen LogP contribution is 2.11. The van der Waals surface area contributed by atoms with Crippen molar-refractivity contribution in [2.45, 2.75) is 0 Å². The molecule has 86 valence electrons. The van der Waals surface area contributed by atoms with E-state index in [-0.39, 0.29) is 11.2 Å². The molecule has 1 aromatic carbocycles. The first-order valence-electron chi connectivity index (χ1n) is 4.85. The number of hydrogen-bond acceptors (Lipinski definition) is 3. The van der Waals surface area contributed by atoms with Crippen LogP contribution in [0.2, 0.25) is 5.15 Å². The third kappa shape index (κ3) is 3.42. The second-order valence-corrected chi connectivity index (χ2v) is 3.60. The summed E-state index contributed by atoms with van der Waals surface area (Å²) >= 11 is 5.64. The normalized spacial score (nSPS) is 9.71. The van der Waals surface area contributed by atoms with Gasteiger partial charge < -0.3 is 10.6 Å². The lowest BCUT2D eigenvalue weighted by atomic mass is 10.3. The van der Waals surface area contributed by atoms with Crippen molar-refractivity contribution in [1.82, 2.24) is 10.2 Å². The lowest BCUT2D eigenvalue weighted by Crippen LogP contribution is -2.19. The molecule has 5 nitrogen and oxygen atoms in total. The fraction of sp³-hybridized carbons (Fsp3) is 0. The van der Waals surface area contributed by atoms with Gasteiger partial charge in [0.05, 0.1) is 11.9 Å². The summed E-state index contributed by atoms with van der Waals surface area (Å²) < 4.78 is 0. The fourth-order valence-electron chi connectivity index (χ4n) is 1.22. The number of para-hydroxylation sites is 1. The van der Waals surface area contributed by atoms with E-state index in [4.69, 9.17) is 11.6 Å². The monoisotopic (exact) mass is 248 g/mol. The zero-order valence-electron chi connectivity index (χ0n) is 8.72. The number of carbonyl (C=O) groups excluding carboxylic acids is 1. The Kier molecular flexibility index (Phi) is 3.52. The van der Waals surface area contributed by atoms with E-state index in [9.17, 15) is 4.79 Å². The van der Waals surface area contributed by atoms with Gasteiger partial charge in [-0.1, -0.05) is 29.8 Å². The topological polar surface area (TPSA) is 66.9 Å². The fourth-order valence-corrected chi connectivity index (χ4v) is 1.39. The van der Waals surface area contributed by atoms with Crippen molar-refractivity contribution < 1.29 is 4.79 Å². The van der Waals surface area contributed by atoms with Gasteiger partial charge in [-0.05, 0) is 12.1 Å². The molecule has 0 aliphatic carbocycles. The van der Waals surface area contributed by atoms with Crippen molar-refractivity contribution >= 4 is 29.0 Å². The average molecular weight is 249 g/mol. The number of rotatable bonds is 2. The van der Waals surface area contributed by atoms with E-state index in [0.29, 0.717) is 11.4 Å². The lowest BCUT2D eigenvalue weighted by molar-refractivity contribution is 0.262. The van der Waals surface area contributed by atoms with E-state index in [2.05, 4.69) is 20.8 Å². The Labute approximate surface area is 103 Å². The smallest absolute Gasteiger partial charge is 0.308 e. The molecular weight excluding hydrogens is 240 g/mol. The van der Waals surface area contributed by atoms with E-state index in [0.717, 1.165) is 0 Å². The molecule has 0 unspecified atom stereocenters. The highest BCUT2D eigenvalue weighted by Gasteiger charge is 2.03. The van der Waals surface area contributed by atoms with Gasteiger partial charge in [-0.25, -0.2) is 4.79 Å². The maximum absolute atomic E-state index is 11.6. The standard InChI is InChI=1S/C11H9ClN4O/c12-10-6-9(7-13-16-10)15-11(17)14-8-4-2-1-3-5-8/h1-7H,(H2,14,15,16,17). The third-order valence-electron chi connectivity index (χ3n) is 1.91. The van der Waals surface area contributed by atoms with E-state index >= 15 is 0 Å². The van der Waals surface area contributed by atoms with Crippen LogP contribution >= 0.6 is 11.6 Å². The number of carbonyl (C=O) groups is 1. The summed E-state index contributed by atoms with van der Waals surface area (Å²) in [6.07, 6.45) is 1.41.